The smallest absolute Gasteiger partial charge is 0.336 e. The van der Waals surface area contributed by atoms with Gasteiger partial charge in [0.15, 0.2) is 0 Å². The van der Waals surface area contributed by atoms with Crippen molar-refractivity contribution in [3.63, 3.8) is 0 Å². The number of amides is 1. The van der Waals surface area contributed by atoms with E-state index >= 15 is 0 Å². The lowest BCUT2D eigenvalue weighted by atomic mass is 10.0. The molecule has 0 saturated carbocycles. The molecule has 19 heavy (non-hydrogen) atoms. The molecule has 5 nitrogen and oxygen atoms in total. The Morgan fingerprint density at radius 2 is 2.16 bits per heavy atom. The van der Waals surface area contributed by atoms with Gasteiger partial charge in [0.1, 0.15) is 0 Å². The number of anilines is 1. The lowest BCUT2D eigenvalue weighted by molar-refractivity contribution is -0.120. The van der Waals surface area contributed by atoms with Gasteiger partial charge in [-0.05, 0) is 44.5 Å². The second kappa shape index (κ2) is 5.40. The van der Waals surface area contributed by atoms with Gasteiger partial charge in [-0.15, -0.1) is 0 Å². The number of carbonyl (C=O) groups is 2. The molecule has 1 fully saturated rings. The Hall–Kier alpha value is -1.88. The maximum absolute atomic E-state index is 12.1. The van der Waals surface area contributed by atoms with Crippen LogP contribution in [0.5, 0.6) is 0 Å². The predicted molar refractivity (Wildman–Crippen MR) is 72.3 cm³/mol. The van der Waals surface area contributed by atoms with Crippen molar-refractivity contribution >= 4 is 17.6 Å². The molecule has 0 spiro atoms. The zero-order valence-corrected chi connectivity index (χ0v) is 11.1. The summed E-state index contributed by atoms with van der Waals surface area (Å²) < 4.78 is 0. The number of aromatic carboxylic acids is 1. The van der Waals surface area contributed by atoms with Crippen LogP contribution in [0.25, 0.3) is 0 Å². The summed E-state index contributed by atoms with van der Waals surface area (Å²) in [4.78, 5) is 23.1. The number of carboxylic acids is 1. The fraction of sp³-hybridized carbons (Fsp3) is 0.429. The summed E-state index contributed by atoms with van der Waals surface area (Å²) in [6.45, 7) is 4.56. The van der Waals surface area contributed by atoms with Crippen LogP contribution in [0.4, 0.5) is 5.69 Å². The molecular formula is C14H18N2O3. The van der Waals surface area contributed by atoms with Crippen LogP contribution in [0.1, 0.15) is 29.3 Å². The van der Waals surface area contributed by atoms with Gasteiger partial charge >= 0.3 is 5.97 Å². The molecule has 1 heterocycles. The lowest BCUT2D eigenvalue weighted by Gasteiger charge is -2.15. The van der Waals surface area contributed by atoms with Crippen LogP contribution in [-0.4, -0.2) is 29.6 Å². The molecule has 1 amide bonds. The molecule has 0 radical (unpaired) electrons. The summed E-state index contributed by atoms with van der Waals surface area (Å²) in [6.07, 6.45) is 0.810. The molecule has 2 unspecified atom stereocenters. The first-order chi connectivity index (χ1) is 8.99. The van der Waals surface area contributed by atoms with E-state index in [-0.39, 0.29) is 23.4 Å². The molecule has 0 bridgehead atoms. The molecule has 0 aliphatic carbocycles. The molecule has 5 heteroatoms. The van der Waals surface area contributed by atoms with Crippen molar-refractivity contribution in [3.8, 4) is 0 Å². The van der Waals surface area contributed by atoms with Gasteiger partial charge in [-0.2, -0.15) is 0 Å². The van der Waals surface area contributed by atoms with E-state index in [1.807, 2.05) is 6.92 Å². The van der Waals surface area contributed by atoms with Gasteiger partial charge in [0.2, 0.25) is 5.91 Å². The number of benzene rings is 1. The Labute approximate surface area is 112 Å². The van der Waals surface area contributed by atoms with Crippen LogP contribution in [-0.2, 0) is 4.79 Å². The molecule has 102 valence electrons. The van der Waals surface area contributed by atoms with Crippen LogP contribution >= 0.6 is 0 Å². The van der Waals surface area contributed by atoms with Crippen LogP contribution in [0.15, 0.2) is 18.2 Å². The SMILES string of the molecule is Cc1ccc(NC(=O)C2CCNC2C)cc1C(=O)O. The average Bonchev–Trinajstić information content (AvgIpc) is 2.77. The maximum Gasteiger partial charge on any atom is 0.336 e. The second-order valence-electron chi connectivity index (χ2n) is 4.96. The van der Waals surface area contributed by atoms with E-state index < -0.39 is 5.97 Å². The Morgan fingerprint density at radius 1 is 1.42 bits per heavy atom. The highest BCUT2D eigenvalue weighted by atomic mass is 16.4. The number of carbonyl (C=O) groups excluding carboxylic acids is 1. The summed E-state index contributed by atoms with van der Waals surface area (Å²) in [5.74, 6) is -1.10. The first kappa shape index (κ1) is 13.5. The van der Waals surface area contributed by atoms with Crippen molar-refractivity contribution in [1.29, 1.82) is 0 Å². The van der Waals surface area contributed by atoms with Crippen molar-refractivity contribution in [2.24, 2.45) is 5.92 Å². The Kier molecular flexibility index (Phi) is 3.85. The minimum Gasteiger partial charge on any atom is -0.478 e. The number of carboxylic acid groups (broad SMARTS) is 1. The highest BCUT2D eigenvalue weighted by Crippen LogP contribution is 2.20. The van der Waals surface area contributed by atoms with Crippen molar-refractivity contribution in [2.75, 3.05) is 11.9 Å². The van der Waals surface area contributed by atoms with Gasteiger partial charge in [-0.25, -0.2) is 4.79 Å². The van der Waals surface area contributed by atoms with Crippen molar-refractivity contribution in [1.82, 2.24) is 5.32 Å². The van der Waals surface area contributed by atoms with Gasteiger partial charge in [-0.3, -0.25) is 4.79 Å². The van der Waals surface area contributed by atoms with E-state index in [4.69, 9.17) is 5.11 Å². The fourth-order valence-electron chi connectivity index (χ4n) is 2.38. The van der Waals surface area contributed by atoms with Gasteiger partial charge in [0.25, 0.3) is 0 Å². The monoisotopic (exact) mass is 262 g/mol. The number of hydrogen-bond acceptors (Lipinski definition) is 3. The normalized spacial score (nSPS) is 22.2. The van der Waals surface area contributed by atoms with Crippen molar-refractivity contribution in [2.45, 2.75) is 26.3 Å². The maximum atomic E-state index is 12.1. The van der Waals surface area contributed by atoms with Crippen LogP contribution in [0.2, 0.25) is 0 Å². The van der Waals surface area contributed by atoms with Gasteiger partial charge < -0.3 is 15.7 Å². The van der Waals surface area contributed by atoms with E-state index in [9.17, 15) is 9.59 Å². The summed E-state index contributed by atoms with van der Waals surface area (Å²) in [6, 6.07) is 5.09. The number of rotatable bonds is 3. The molecule has 3 N–H and O–H groups in total. The van der Waals surface area contributed by atoms with Crippen molar-refractivity contribution in [3.05, 3.63) is 29.3 Å². The Morgan fingerprint density at radius 3 is 2.74 bits per heavy atom. The minimum atomic E-state index is -0.982. The largest absolute Gasteiger partial charge is 0.478 e. The third-order valence-corrected chi connectivity index (χ3v) is 3.60. The molecule has 2 atom stereocenters. The van der Waals surface area contributed by atoms with E-state index in [0.717, 1.165) is 13.0 Å². The minimum absolute atomic E-state index is 0.0577. The number of aryl methyl sites for hydroxylation is 1. The number of hydrogen-bond donors (Lipinski definition) is 3. The zero-order valence-electron chi connectivity index (χ0n) is 11.1. The molecule has 1 aromatic rings. The molecular weight excluding hydrogens is 244 g/mol. The topological polar surface area (TPSA) is 78.4 Å². The first-order valence-corrected chi connectivity index (χ1v) is 6.37. The van der Waals surface area contributed by atoms with Crippen molar-refractivity contribution < 1.29 is 14.7 Å². The van der Waals surface area contributed by atoms with Gasteiger partial charge in [0, 0.05) is 11.7 Å². The lowest BCUT2D eigenvalue weighted by Crippen LogP contribution is -2.32. The quantitative estimate of drug-likeness (QED) is 0.773. The Bertz CT molecular complexity index is 513. The third-order valence-electron chi connectivity index (χ3n) is 3.60. The Balaban J connectivity index is 2.13. The van der Waals surface area contributed by atoms with Crippen LogP contribution in [0.3, 0.4) is 0 Å². The van der Waals surface area contributed by atoms with E-state index in [1.165, 1.54) is 6.07 Å². The molecule has 1 aliphatic heterocycles. The molecule has 1 saturated heterocycles. The second-order valence-corrected chi connectivity index (χ2v) is 4.96. The molecule has 0 aromatic heterocycles. The van der Waals surface area contributed by atoms with Crippen LogP contribution in [0, 0.1) is 12.8 Å². The van der Waals surface area contributed by atoms with Gasteiger partial charge in [0.05, 0.1) is 11.5 Å². The predicted octanol–water partition coefficient (Wildman–Crippen LogP) is 1.63. The molecule has 1 aliphatic rings. The number of nitrogens with one attached hydrogen (secondary N) is 2. The average molecular weight is 262 g/mol. The fourth-order valence-corrected chi connectivity index (χ4v) is 2.38. The van der Waals surface area contributed by atoms with E-state index in [1.54, 1.807) is 19.1 Å². The van der Waals surface area contributed by atoms with E-state index in [2.05, 4.69) is 10.6 Å². The summed E-state index contributed by atoms with van der Waals surface area (Å²) in [5, 5.41) is 15.1. The third kappa shape index (κ3) is 2.93. The highest BCUT2D eigenvalue weighted by Gasteiger charge is 2.29. The van der Waals surface area contributed by atoms with Gasteiger partial charge in [-0.1, -0.05) is 6.07 Å². The summed E-state index contributed by atoms with van der Waals surface area (Å²) in [7, 11) is 0. The highest BCUT2D eigenvalue weighted by molar-refractivity contribution is 5.96. The standard InChI is InChI=1S/C14H18N2O3/c1-8-3-4-10(7-12(8)14(18)19)16-13(17)11-5-6-15-9(11)2/h3-4,7,9,11,15H,5-6H2,1-2H3,(H,16,17)(H,18,19). The molecule has 2 rings (SSSR count). The first-order valence-electron chi connectivity index (χ1n) is 6.37. The van der Waals surface area contributed by atoms with E-state index in [0.29, 0.717) is 11.3 Å². The summed E-state index contributed by atoms with van der Waals surface area (Å²) in [5.41, 5.74) is 1.43. The summed E-state index contributed by atoms with van der Waals surface area (Å²) >= 11 is 0. The van der Waals surface area contributed by atoms with Crippen LogP contribution < -0.4 is 10.6 Å². The molecule has 1 aromatic carbocycles. The zero-order chi connectivity index (χ0) is 14.0.